The van der Waals surface area contributed by atoms with Crippen LogP contribution in [-0.2, 0) is 14.8 Å². The summed E-state index contributed by atoms with van der Waals surface area (Å²) in [6, 6.07) is 14.3. The number of hydrogen-bond acceptors (Lipinski definition) is 5. The van der Waals surface area contributed by atoms with Gasteiger partial charge in [0.1, 0.15) is 5.82 Å². The number of hydrogen-bond donors (Lipinski definition) is 2. The molecular weight excluding hydrogens is 412 g/mol. The second kappa shape index (κ2) is 7.47. The number of piperidine rings is 1. The largest absolute Gasteiger partial charge is 0.356 e. The Balaban J connectivity index is 1.69. The molecule has 0 spiro atoms. The van der Waals surface area contributed by atoms with Gasteiger partial charge in [-0.3, -0.25) is 4.79 Å². The molecule has 2 aliphatic rings. The maximum atomic E-state index is 12.8. The van der Waals surface area contributed by atoms with E-state index in [1.165, 1.54) is 18.6 Å². The summed E-state index contributed by atoms with van der Waals surface area (Å²) in [5, 5.41) is 9.08. The van der Waals surface area contributed by atoms with Crippen LogP contribution >= 0.6 is 0 Å². The Morgan fingerprint density at radius 3 is 2.58 bits per heavy atom. The van der Waals surface area contributed by atoms with Crippen LogP contribution in [0.15, 0.2) is 53.4 Å². The number of primary sulfonamides is 1. The van der Waals surface area contributed by atoms with Gasteiger partial charge in [0.2, 0.25) is 10.0 Å². The van der Waals surface area contributed by atoms with Gasteiger partial charge in [0.05, 0.1) is 10.4 Å². The number of carbonyl (C=O) groups is 1. The lowest BCUT2D eigenvalue weighted by atomic mass is 10.0. The highest BCUT2D eigenvalue weighted by Gasteiger charge is 2.27. The molecule has 1 saturated heterocycles. The molecular formula is C23H22N4O3S. The topological polar surface area (TPSA) is 105 Å². The zero-order chi connectivity index (χ0) is 21.6. The molecule has 3 aromatic rings. The van der Waals surface area contributed by atoms with Crippen molar-refractivity contribution in [1.29, 1.82) is 0 Å². The fourth-order valence-corrected chi connectivity index (χ4v) is 4.77. The number of rotatable bonds is 3. The molecule has 5 rings (SSSR count). The number of pyridine rings is 1. The van der Waals surface area contributed by atoms with E-state index in [0.717, 1.165) is 48.2 Å². The number of aromatic nitrogens is 1. The van der Waals surface area contributed by atoms with Crippen LogP contribution in [0.4, 0.5) is 11.5 Å². The lowest BCUT2D eigenvalue weighted by molar-refractivity contribution is -0.110. The number of para-hydroxylation sites is 1. The first-order chi connectivity index (χ1) is 14.9. The fraction of sp³-hybridized carbons (Fsp3) is 0.217. The standard InChI is InChI=1S/C23H22N4O3S/c24-31(29,30)17-8-9-21-18(14-17)19(23(28)26-21)13-16-12-15-6-2-3-7-20(15)25-22(16)27-10-4-1-5-11-27/h2-3,6-9,12-14H,1,4-5,10-11H2,(H,26,28)(H2,24,29,30)/b19-13+. The number of benzene rings is 2. The van der Waals surface area contributed by atoms with Gasteiger partial charge in [-0.2, -0.15) is 0 Å². The third-order valence-corrected chi connectivity index (χ3v) is 6.70. The summed E-state index contributed by atoms with van der Waals surface area (Å²) in [5.74, 6) is 0.564. The Kier molecular flexibility index (Phi) is 4.75. The number of anilines is 2. The van der Waals surface area contributed by atoms with E-state index in [4.69, 9.17) is 10.1 Å². The van der Waals surface area contributed by atoms with Crippen molar-refractivity contribution >= 4 is 50.0 Å². The van der Waals surface area contributed by atoms with Crippen molar-refractivity contribution in [2.24, 2.45) is 5.14 Å². The lowest BCUT2D eigenvalue weighted by Gasteiger charge is -2.29. The predicted octanol–water partition coefficient (Wildman–Crippen LogP) is 3.37. The first-order valence-electron chi connectivity index (χ1n) is 10.3. The van der Waals surface area contributed by atoms with Gasteiger partial charge in [-0.15, -0.1) is 0 Å². The van der Waals surface area contributed by atoms with Crippen molar-refractivity contribution in [3.8, 4) is 0 Å². The van der Waals surface area contributed by atoms with Crippen molar-refractivity contribution in [3.63, 3.8) is 0 Å². The number of nitrogens with zero attached hydrogens (tertiary/aromatic N) is 2. The van der Waals surface area contributed by atoms with Crippen molar-refractivity contribution in [2.75, 3.05) is 23.3 Å². The Hall–Kier alpha value is -3.23. The molecule has 0 atom stereocenters. The van der Waals surface area contributed by atoms with E-state index >= 15 is 0 Å². The molecule has 3 heterocycles. The van der Waals surface area contributed by atoms with E-state index in [0.29, 0.717) is 16.8 Å². The van der Waals surface area contributed by atoms with Crippen molar-refractivity contribution < 1.29 is 13.2 Å². The number of fused-ring (bicyclic) bond motifs is 2. The average Bonchev–Trinajstić information content (AvgIpc) is 3.07. The van der Waals surface area contributed by atoms with Gasteiger partial charge < -0.3 is 10.2 Å². The number of sulfonamides is 1. The van der Waals surface area contributed by atoms with Crippen LogP contribution in [0.1, 0.15) is 30.4 Å². The van der Waals surface area contributed by atoms with Crippen molar-refractivity contribution in [1.82, 2.24) is 4.98 Å². The predicted molar refractivity (Wildman–Crippen MR) is 122 cm³/mol. The van der Waals surface area contributed by atoms with E-state index in [1.807, 2.05) is 30.3 Å². The summed E-state index contributed by atoms with van der Waals surface area (Å²) < 4.78 is 23.6. The van der Waals surface area contributed by atoms with Gasteiger partial charge in [0, 0.05) is 40.9 Å². The maximum Gasteiger partial charge on any atom is 0.256 e. The highest BCUT2D eigenvalue weighted by molar-refractivity contribution is 7.89. The van der Waals surface area contributed by atoms with Gasteiger partial charge in [-0.1, -0.05) is 18.2 Å². The Morgan fingerprint density at radius 1 is 1.03 bits per heavy atom. The van der Waals surface area contributed by atoms with E-state index in [9.17, 15) is 13.2 Å². The van der Waals surface area contributed by atoms with Crippen LogP contribution in [0.3, 0.4) is 0 Å². The van der Waals surface area contributed by atoms with E-state index in [-0.39, 0.29) is 10.8 Å². The van der Waals surface area contributed by atoms with Gasteiger partial charge in [0.15, 0.2) is 0 Å². The first-order valence-corrected chi connectivity index (χ1v) is 11.8. The number of amides is 1. The zero-order valence-corrected chi connectivity index (χ0v) is 17.7. The highest BCUT2D eigenvalue weighted by Crippen LogP contribution is 2.36. The molecule has 1 fully saturated rings. The molecule has 0 aliphatic carbocycles. The fourth-order valence-electron chi connectivity index (χ4n) is 4.23. The van der Waals surface area contributed by atoms with Crippen LogP contribution in [0.25, 0.3) is 22.6 Å². The highest BCUT2D eigenvalue weighted by atomic mass is 32.2. The second-order valence-electron chi connectivity index (χ2n) is 7.91. The minimum absolute atomic E-state index is 0.0264. The van der Waals surface area contributed by atoms with E-state index in [2.05, 4.69) is 10.2 Å². The van der Waals surface area contributed by atoms with Crippen LogP contribution in [-0.4, -0.2) is 32.4 Å². The van der Waals surface area contributed by atoms with Gasteiger partial charge in [-0.25, -0.2) is 18.5 Å². The molecule has 8 heteroatoms. The first kappa shape index (κ1) is 19.7. The molecule has 1 aromatic heterocycles. The Bertz CT molecular complexity index is 1340. The minimum Gasteiger partial charge on any atom is -0.356 e. The van der Waals surface area contributed by atoms with Crippen molar-refractivity contribution in [2.45, 2.75) is 24.2 Å². The molecule has 0 radical (unpaired) electrons. The molecule has 0 bridgehead atoms. The van der Waals surface area contributed by atoms with Crippen molar-refractivity contribution in [3.05, 3.63) is 59.7 Å². The molecule has 7 nitrogen and oxygen atoms in total. The van der Waals surface area contributed by atoms with Gasteiger partial charge >= 0.3 is 0 Å². The summed E-state index contributed by atoms with van der Waals surface area (Å²) >= 11 is 0. The Labute approximate surface area is 180 Å². The average molecular weight is 435 g/mol. The SMILES string of the molecule is NS(=O)(=O)c1ccc2c(c1)/C(=C\c1cc3ccccc3nc1N1CCCCC1)C(=O)N2. The molecule has 3 N–H and O–H groups in total. The smallest absolute Gasteiger partial charge is 0.256 e. The molecule has 2 aromatic carbocycles. The summed E-state index contributed by atoms with van der Waals surface area (Å²) in [7, 11) is -3.88. The second-order valence-corrected chi connectivity index (χ2v) is 9.47. The maximum absolute atomic E-state index is 12.8. The number of nitrogens with one attached hydrogen (secondary N) is 1. The molecule has 1 amide bonds. The monoisotopic (exact) mass is 434 g/mol. The normalized spacial score (nSPS) is 17.8. The number of carbonyl (C=O) groups excluding carboxylic acids is 1. The van der Waals surface area contributed by atoms with Crippen LogP contribution in [0.2, 0.25) is 0 Å². The Morgan fingerprint density at radius 2 is 1.81 bits per heavy atom. The quantitative estimate of drug-likeness (QED) is 0.615. The summed E-state index contributed by atoms with van der Waals surface area (Å²) in [6.07, 6.45) is 5.21. The summed E-state index contributed by atoms with van der Waals surface area (Å²) in [6.45, 7) is 1.83. The van der Waals surface area contributed by atoms with Crippen LogP contribution < -0.4 is 15.4 Å². The molecule has 0 saturated carbocycles. The minimum atomic E-state index is -3.88. The molecule has 158 valence electrons. The van der Waals surface area contributed by atoms with Gasteiger partial charge in [0.25, 0.3) is 5.91 Å². The van der Waals surface area contributed by atoms with E-state index in [1.54, 1.807) is 12.1 Å². The summed E-state index contributed by atoms with van der Waals surface area (Å²) in [4.78, 5) is 19.9. The van der Waals surface area contributed by atoms with E-state index < -0.39 is 10.0 Å². The molecule has 0 unspecified atom stereocenters. The zero-order valence-electron chi connectivity index (χ0n) is 16.8. The van der Waals surface area contributed by atoms with Crippen LogP contribution in [0.5, 0.6) is 0 Å². The molecule has 31 heavy (non-hydrogen) atoms. The molecule has 2 aliphatic heterocycles. The summed E-state index contributed by atoms with van der Waals surface area (Å²) in [5.41, 5.74) is 3.22. The number of nitrogens with two attached hydrogens (primary N) is 1. The van der Waals surface area contributed by atoms with Gasteiger partial charge in [-0.05, 0) is 55.7 Å². The third-order valence-electron chi connectivity index (χ3n) is 5.79. The third kappa shape index (κ3) is 3.68. The van der Waals surface area contributed by atoms with Crippen LogP contribution in [0, 0.1) is 0 Å². The lowest BCUT2D eigenvalue weighted by Crippen LogP contribution is -2.30.